The average Bonchev–Trinajstić information content (AvgIpc) is 2.73. The minimum absolute atomic E-state index is 0. The monoisotopic (exact) mass is 560 g/mol. The average molecular weight is 561 g/mol. The van der Waals surface area contributed by atoms with Crippen molar-refractivity contribution in [3.8, 4) is 0 Å². The lowest BCUT2D eigenvalue weighted by Crippen LogP contribution is -2.38. The smallest absolute Gasteiger partial charge is 0.240 e. The molecule has 0 unspecified atom stereocenters. The van der Waals surface area contributed by atoms with Gasteiger partial charge in [0.25, 0.3) is 0 Å². The Kier molecular flexibility index (Phi) is 12.1. The lowest BCUT2D eigenvalue weighted by Gasteiger charge is -2.23. The van der Waals surface area contributed by atoms with Crippen molar-refractivity contribution < 1.29 is 13.2 Å². The fourth-order valence-electron chi connectivity index (χ4n) is 2.93. The number of nitrogens with one attached hydrogen (secondary N) is 2. The van der Waals surface area contributed by atoms with Crippen LogP contribution >= 0.6 is 24.0 Å². The van der Waals surface area contributed by atoms with Crippen LogP contribution in [0.5, 0.6) is 0 Å². The number of hydrogen-bond donors (Lipinski definition) is 2. The van der Waals surface area contributed by atoms with Gasteiger partial charge in [0.05, 0.1) is 18.0 Å². The van der Waals surface area contributed by atoms with E-state index in [9.17, 15) is 8.42 Å². The summed E-state index contributed by atoms with van der Waals surface area (Å²) in [5.41, 5.74) is 3.30. The molecule has 0 saturated carbocycles. The van der Waals surface area contributed by atoms with Crippen molar-refractivity contribution in [2.24, 2.45) is 4.99 Å². The first-order chi connectivity index (χ1) is 14.4. The highest BCUT2D eigenvalue weighted by atomic mass is 127. The second-order valence-corrected chi connectivity index (χ2v) is 8.76. The molecule has 0 aliphatic carbocycles. The summed E-state index contributed by atoms with van der Waals surface area (Å²) in [4.78, 5) is 7.00. The van der Waals surface area contributed by atoms with Crippen LogP contribution in [0.1, 0.15) is 23.6 Å². The Morgan fingerprint density at radius 3 is 2.58 bits per heavy atom. The number of rotatable bonds is 10. The molecule has 31 heavy (non-hydrogen) atoms. The van der Waals surface area contributed by atoms with Crippen molar-refractivity contribution in [3.63, 3.8) is 0 Å². The number of hydrogen-bond acceptors (Lipinski definition) is 4. The highest BCUT2D eigenvalue weighted by molar-refractivity contribution is 14.0. The molecule has 0 aromatic heterocycles. The second kappa shape index (κ2) is 13.7. The van der Waals surface area contributed by atoms with Crippen LogP contribution in [0, 0.1) is 6.92 Å². The molecule has 172 valence electrons. The predicted octanol–water partition coefficient (Wildman–Crippen LogP) is 3.14. The van der Waals surface area contributed by atoms with Crippen LogP contribution in [0.15, 0.2) is 58.4 Å². The van der Waals surface area contributed by atoms with Gasteiger partial charge in [-0.2, -0.15) is 0 Å². The van der Waals surface area contributed by atoms with E-state index in [2.05, 4.69) is 34.0 Å². The van der Waals surface area contributed by atoms with Gasteiger partial charge in [-0.05, 0) is 42.7 Å². The van der Waals surface area contributed by atoms with E-state index in [1.165, 1.54) is 18.2 Å². The normalized spacial score (nSPS) is 11.7. The van der Waals surface area contributed by atoms with Crippen LogP contribution in [0.2, 0.25) is 0 Å². The van der Waals surface area contributed by atoms with Gasteiger partial charge in [-0.3, -0.25) is 0 Å². The van der Waals surface area contributed by atoms with Crippen molar-refractivity contribution in [1.29, 1.82) is 0 Å². The first kappa shape index (κ1) is 27.3. The summed E-state index contributed by atoms with van der Waals surface area (Å²) in [7, 11) is -0.0428. The van der Waals surface area contributed by atoms with E-state index < -0.39 is 10.0 Å². The van der Waals surface area contributed by atoms with Gasteiger partial charge in [0.1, 0.15) is 0 Å². The quantitative estimate of drug-likeness (QED) is 0.202. The summed E-state index contributed by atoms with van der Waals surface area (Å²) in [5, 5.41) is 3.30. The molecule has 2 rings (SSSR count). The predicted molar refractivity (Wildman–Crippen MR) is 136 cm³/mol. The molecule has 2 aromatic carbocycles. The van der Waals surface area contributed by atoms with Crippen molar-refractivity contribution in [1.82, 2.24) is 14.9 Å². The van der Waals surface area contributed by atoms with Gasteiger partial charge in [0, 0.05) is 33.8 Å². The molecule has 0 amide bonds. The van der Waals surface area contributed by atoms with E-state index in [0.717, 1.165) is 24.6 Å². The van der Waals surface area contributed by atoms with E-state index in [4.69, 9.17) is 9.73 Å². The first-order valence-electron chi connectivity index (χ1n) is 9.99. The number of benzene rings is 2. The number of aryl methyl sites for hydroxylation is 1. The van der Waals surface area contributed by atoms with Crippen molar-refractivity contribution in [3.05, 3.63) is 65.2 Å². The van der Waals surface area contributed by atoms with E-state index in [1.54, 1.807) is 18.2 Å². The molecule has 0 atom stereocenters. The Labute approximate surface area is 203 Å². The summed E-state index contributed by atoms with van der Waals surface area (Å²) >= 11 is 0. The molecule has 0 spiro atoms. The maximum Gasteiger partial charge on any atom is 0.240 e. The number of aliphatic imine (C=N–C) groups is 1. The molecule has 0 bridgehead atoms. The van der Waals surface area contributed by atoms with E-state index in [1.807, 2.05) is 32.2 Å². The Morgan fingerprint density at radius 2 is 1.90 bits per heavy atom. The number of ether oxygens (including phenoxy) is 1. The maximum absolute atomic E-state index is 12.4. The minimum Gasteiger partial charge on any atom is -0.383 e. The van der Waals surface area contributed by atoms with Crippen LogP contribution in [0.3, 0.4) is 0 Å². The SMILES string of the molecule is CCNC(=NCc1cccc(S(=O)(=O)NCCOC)c1)N(C)Cc1ccccc1C.I. The zero-order valence-corrected chi connectivity index (χ0v) is 21.7. The molecule has 0 radical (unpaired) electrons. The standard InChI is InChI=1S/C22H32N4O3S.HI/c1-5-23-22(26(3)17-20-11-7-6-9-18(20)2)24-16-19-10-8-12-21(15-19)30(27,28)25-13-14-29-4;/h6-12,15,25H,5,13-14,16-17H2,1-4H3,(H,23,24);1H. The number of guanidine groups is 1. The summed E-state index contributed by atoms with van der Waals surface area (Å²) in [6, 6.07) is 15.1. The Balaban J connectivity index is 0.00000480. The lowest BCUT2D eigenvalue weighted by atomic mass is 10.1. The summed E-state index contributed by atoms with van der Waals surface area (Å²) in [6.45, 7) is 6.53. The molecule has 0 aliphatic heterocycles. The van der Waals surface area contributed by atoms with Crippen LogP contribution in [0.4, 0.5) is 0 Å². The zero-order chi connectivity index (χ0) is 22.0. The highest BCUT2D eigenvalue weighted by Gasteiger charge is 2.14. The Hall–Kier alpha value is -1.69. The Morgan fingerprint density at radius 1 is 1.16 bits per heavy atom. The maximum atomic E-state index is 12.4. The topological polar surface area (TPSA) is 83.0 Å². The lowest BCUT2D eigenvalue weighted by molar-refractivity contribution is 0.204. The molecule has 0 heterocycles. The molecule has 2 aromatic rings. The molecule has 0 saturated heterocycles. The first-order valence-corrected chi connectivity index (χ1v) is 11.5. The third-order valence-electron chi connectivity index (χ3n) is 4.58. The molecule has 9 heteroatoms. The molecule has 2 N–H and O–H groups in total. The minimum atomic E-state index is -3.57. The summed E-state index contributed by atoms with van der Waals surface area (Å²) in [6.07, 6.45) is 0. The molecular formula is C22H33IN4O3S. The third-order valence-corrected chi connectivity index (χ3v) is 6.04. The van der Waals surface area contributed by atoms with Gasteiger partial charge in [-0.25, -0.2) is 18.1 Å². The van der Waals surface area contributed by atoms with E-state index in [-0.39, 0.29) is 35.4 Å². The van der Waals surface area contributed by atoms with Gasteiger partial charge >= 0.3 is 0 Å². The fourth-order valence-corrected chi connectivity index (χ4v) is 4.01. The van der Waals surface area contributed by atoms with Crippen LogP contribution in [-0.4, -0.2) is 53.1 Å². The summed E-state index contributed by atoms with van der Waals surface area (Å²) in [5.74, 6) is 0.771. The highest BCUT2D eigenvalue weighted by Crippen LogP contribution is 2.13. The molecule has 0 fully saturated rings. The van der Waals surface area contributed by atoms with Crippen molar-refractivity contribution in [2.75, 3.05) is 33.9 Å². The van der Waals surface area contributed by atoms with Crippen molar-refractivity contribution in [2.45, 2.75) is 31.8 Å². The van der Waals surface area contributed by atoms with Gasteiger partial charge in [-0.1, -0.05) is 36.4 Å². The molecule has 0 aliphatic rings. The fraction of sp³-hybridized carbons (Fsp3) is 0.409. The van der Waals surface area contributed by atoms with E-state index in [0.29, 0.717) is 13.2 Å². The van der Waals surface area contributed by atoms with Gasteiger partial charge in [0.15, 0.2) is 5.96 Å². The number of sulfonamides is 1. The van der Waals surface area contributed by atoms with Gasteiger partial charge in [-0.15, -0.1) is 24.0 Å². The van der Waals surface area contributed by atoms with Crippen LogP contribution in [-0.2, 0) is 27.8 Å². The van der Waals surface area contributed by atoms with Crippen LogP contribution in [0.25, 0.3) is 0 Å². The van der Waals surface area contributed by atoms with Crippen molar-refractivity contribution >= 4 is 40.0 Å². The number of nitrogens with zero attached hydrogens (tertiary/aromatic N) is 2. The van der Waals surface area contributed by atoms with Gasteiger partial charge in [0.2, 0.25) is 10.0 Å². The number of methoxy groups -OCH3 is 1. The zero-order valence-electron chi connectivity index (χ0n) is 18.6. The van der Waals surface area contributed by atoms with E-state index >= 15 is 0 Å². The molecular weight excluding hydrogens is 527 g/mol. The largest absolute Gasteiger partial charge is 0.383 e. The third kappa shape index (κ3) is 8.76. The summed E-state index contributed by atoms with van der Waals surface area (Å²) < 4.78 is 32.3. The van der Waals surface area contributed by atoms with Crippen LogP contribution < -0.4 is 10.0 Å². The second-order valence-electron chi connectivity index (χ2n) is 6.99. The van der Waals surface area contributed by atoms with Gasteiger partial charge < -0.3 is 15.0 Å². The molecule has 7 nitrogen and oxygen atoms in total. The Bertz CT molecular complexity index is 951. The number of halogens is 1.